The fourth-order valence-electron chi connectivity index (χ4n) is 3.13. The molecule has 8 nitrogen and oxygen atoms in total. The van der Waals surface area contributed by atoms with E-state index in [4.69, 9.17) is 14.2 Å². The second kappa shape index (κ2) is 10.0. The quantitative estimate of drug-likeness (QED) is 0.407. The van der Waals surface area contributed by atoms with E-state index in [1.54, 1.807) is 60.7 Å². The van der Waals surface area contributed by atoms with Gasteiger partial charge in [0.15, 0.2) is 6.10 Å². The monoisotopic (exact) mass is 426 g/mol. The third kappa shape index (κ3) is 5.56. The number of benzene rings is 2. The summed E-state index contributed by atoms with van der Waals surface area (Å²) in [7, 11) is 0. The highest BCUT2D eigenvalue weighted by atomic mass is 16.6. The van der Waals surface area contributed by atoms with Crippen LogP contribution in [-0.4, -0.2) is 59.1 Å². The van der Waals surface area contributed by atoms with Gasteiger partial charge in [-0.25, -0.2) is 9.59 Å². The molecule has 4 atom stereocenters. The van der Waals surface area contributed by atoms with Gasteiger partial charge in [0.2, 0.25) is 0 Å². The second-order valence-corrected chi connectivity index (χ2v) is 6.93. The van der Waals surface area contributed by atoms with Crippen molar-refractivity contribution < 1.29 is 38.8 Å². The molecule has 0 aliphatic heterocycles. The van der Waals surface area contributed by atoms with Gasteiger partial charge in [0.05, 0.1) is 11.1 Å². The smallest absolute Gasteiger partial charge is 0.338 e. The van der Waals surface area contributed by atoms with Crippen molar-refractivity contribution in [3.05, 3.63) is 83.4 Å². The Labute approximate surface area is 178 Å². The molecule has 2 N–H and O–H groups in total. The first-order valence-corrected chi connectivity index (χ1v) is 9.59. The van der Waals surface area contributed by atoms with Crippen molar-refractivity contribution >= 4 is 17.9 Å². The Hall–Kier alpha value is -3.49. The highest BCUT2D eigenvalue weighted by Gasteiger charge is 2.42. The molecule has 1 aliphatic rings. The van der Waals surface area contributed by atoms with E-state index < -0.39 is 42.3 Å². The Morgan fingerprint density at radius 3 is 1.90 bits per heavy atom. The molecular formula is C23H22O8. The number of carbonyl (C=O) groups excluding carboxylic acids is 3. The second-order valence-electron chi connectivity index (χ2n) is 6.93. The number of aliphatic hydroxyl groups is 2. The van der Waals surface area contributed by atoms with Gasteiger partial charge in [0, 0.05) is 12.5 Å². The number of carbonyl (C=O) groups is 3. The highest BCUT2D eigenvalue weighted by Crippen LogP contribution is 2.26. The van der Waals surface area contributed by atoms with Crippen LogP contribution in [0.15, 0.2) is 72.3 Å². The largest absolute Gasteiger partial charge is 0.457 e. The lowest BCUT2D eigenvalue weighted by Crippen LogP contribution is -2.52. The first kappa shape index (κ1) is 22.2. The molecule has 8 heteroatoms. The number of ether oxygens (including phenoxy) is 3. The van der Waals surface area contributed by atoms with E-state index in [-0.39, 0.29) is 17.7 Å². The summed E-state index contributed by atoms with van der Waals surface area (Å²) < 4.78 is 15.7. The maximum Gasteiger partial charge on any atom is 0.338 e. The molecule has 2 aromatic rings. The SMILES string of the molecule is CC(=O)O[C@@H]1C(COC(=O)c2ccccc2)=C[C@H](OC(=O)c2ccccc2)[C@@H](O)[C@H]1O. The van der Waals surface area contributed by atoms with Crippen LogP contribution in [0, 0.1) is 0 Å². The zero-order valence-corrected chi connectivity index (χ0v) is 16.7. The predicted molar refractivity (Wildman–Crippen MR) is 108 cm³/mol. The Morgan fingerprint density at radius 2 is 1.35 bits per heavy atom. The third-order valence-corrected chi connectivity index (χ3v) is 4.67. The normalized spacial score (nSPS) is 22.7. The van der Waals surface area contributed by atoms with Crippen LogP contribution >= 0.6 is 0 Å². The number of hydrogen-bond acceptors (Lipinski definition) is 8. The summed E-state index contributed by atoms with van der Waals surface area (Å²) in [5.74, 6) is -2.03. The lowest BCUT2D eigenvalue weighted by molar-refractivity contribution is -0.159. The predicted octanol–water partition coefficient (Wildman–Crippen LogP) is 1.66. The van der Waals surface area contributed by atoms with Crippen molar-refractivity contribution in [1.29, 1.82) is 0 Å². The van der Waals surface area contributed by atoms with Gasteiger partial charge in [-0.3, -0.25) is 4.79 Å². The molecular weight excluding hydrogens is 404 g/mol. The van der Waals surface area contributed by atoms with Crippen LogP contribution in [-0.2, 0) is 19.0 Å². The van der Waals surface area contributed by atoms with Gasteiger partial charge >= 0.3 is 17.9 Å². The Bertz CT molecular complexity index is 954. The average Bonchev–Trinajstić information content (AvgIpc) is 2.78. The molecule has 162 valence electrons. The molecule has 0 bridgehead atoms. The molecule has 0 unspecified atom stereocenters. The van der Waals surface area contributed by atoms with Gasteiger partial charge in [-0.05, 0) is 30.3 Å². The highest BCUT2D eigenvalue weighted by molar-refractivity contribution is 5.90. The summed E-state index contributed by atoms with van der Waals surface area (Å²) in [5.41, 5.74) is 0.760. The van der Waals surface area contributed by atoms with Crippen LogP contribution < -0.4 is 0 Å². The number of rotatable bonds is 6. The molecule has 3 rings (SSSR count). The molecule has 0 fully saturated rings. The lowest BCUT2D eigenvalue weighted by atomic mass is 9.89. The van der Waals surface area contributed by atoms with Crippen LogP contribution in [0.1, 0.15) is 27.6 Å². The molecule has 31 heavy (non-hydrogen) atoms. The van der Waals surface area contributed by atoms with E-state index in [9.17, 15) is 24.6 Å². The summed E-state index contributed by atoms with van der Waals surface area (Å²) in [6.45, 7) is 0.809. The van der Waals surface area contributed by atoms with Crippen LogP contribution in [0.2, 0.25) is 0 Å². The molecule has 2 aromatic carbocycles. The molecule has 0 saturated heterocycles. The molecule has 0 heterocycles. The number of hydrogen-bond donors (Lipinski definition) is 2. The molecule has 0 amide bonds. The zero-order chi connectivity index (χ0) is 22.4. The van der Waals surface area contributed by atoms with E-state index in [1.807, 2.05) is 0 Å². The van der Waals surface area contributed by atoms with Crippen molar-refractivity contribution in [2.75, 3.05) is 6.61 Å². The van der Waals surface area contributed by atoms with E-state index in [1.165, 1.54) is 6.08 Å². The minimum absolute atomic E-state index is 0.183. The lowest BCUT2D eigenvalue weighted by Gasteiger charge is -2.35. The van der Waals surface area contributed by atoms with Crippen LogP contribution in [0.4, 0.5) is 0 Å². The van der Waals surface area contributed by atoms with E-state index in [0.717, 1.165) is 6.92 Å². The molecule has 1 aliphatic carbocycles. The Kier molecular flexibility index (Phi) is 7.17. The van der Waals surface area contributed by atoms with E-state index in [2.05, 4.69) is 0 Å². The topological polar surface area (TPSA) is 119 Å². The fourth-order valence-corrected chi connectivity index (χ4v) is 3.13. The molecule has 0 saturated carbocycles. The maximum absolute atomic E-state index is 12.4. The van der Waals surface area contributed by atoms with E-state index in [0.29, 0.717) is 5.56 Å². The van der Waals surface area contributed by atoms with Crippen molar-refractivity contribution in [2.24, 2.45) is 0 Å². The summed E-state index contributed by atoms with van der Waals surface area (Å²) in [6.07, 6.45) is -4.31. The van der Waals surface area contributed by atoms with Crippen LogP contribution in [0.3, 0.4) is 0 Å². The number of esters is 3. The van der Waals surface area contributed by atoms with Gasteiger partial charge in [-0.2, -0.15) is 0 Å². The van der Waals surface area contributed by atoms with Gasteiger partial charge in [0.25, 0.3) is 0 Å². The fraction of sp³-hybridized carbons (Fsp3) is 0.261. The van der Waals surface area contributed by atoms with Gasteiger partial charge in [-0.1, -0.05) is 36.4 Å². The van der Waals surface area contributed by atoms with Crippen LogP contribution in [0.25, 0.3) is 0 Å². The standard InChI is InChI=1S/C23H22O8/c1-14(24)30-21-17(13-29-22(27)15-8-4-2-5-9-15)12-18(19(25)20(21)26)31-23(28)16-10-6-3-7-11-16/h2-12,18-21,25-26H,13H2,1H3/t18-,19+,20+,21+/m0/s1. The summed E-state index contributed by atoms with van der Waals surface area (Å²) in [6, 6.07) is 16.4. The molecule has 0 aromatic heterocycles. The first-order chi connectivity index (χ1) is 14.9. The first-order valence-electron chi connectivity index (χ1n) is 9.59. The Morgan fingerprint density at radius 1 is 0.806 bits per heavy atom. The molecule has 0 spiro atoms. The van der Waals surface area contributed by atoms with E-state index >= 15 is 0 Å². The van der Waals surface area contributed by atoms with Gasteiger partial charge in [-0.15, -0.1) is 0 Å². The zero-order valence-electron chi connectivity index (χ0n) is 16.7. The third-order valence-electron chi connectivity index (χ3n) is 4.67. The summed E-state index contributed by atoms with van der Waals surface area (Å²) in [4.78, 5) is 36.1. The van der Waals surface area contributed by atoms with Crippen LogP contribution in [0.5, 0.6) is 0 Å². The minimum Gasteiger partial charge on any atom is -0.457 e. The summed E-state index contributed by atoms with van der Waals surface area (Å²) >= 11 is 0. The summed E-state index contributed by atoms with van der Waals surface area (Å²) in [5, 5.41) is 20.9. The van der Waals surface area contributed by atoms with Crippen molar-refractivity contribution in [1.82, 2.24) is 0 Å². The Balaban J connectivity index is 1.80. The average molecular weight is 426 g/mol. The van der Waals surface area contributed by atoms with Crippen molar-refractivity contribution in [3.8, 4) is 0 Å². The van der Waals surface area contributed by atoms with Crippen molar-refractivity contribution in [3.63, 3.8) is 0 Å². The maximum atomic E-state index is 12.4. The van der Waals surface area contributed by atoms with Gasteiger partial charge < -0.3 is 24.4 Å². The number of aliphatic hydroxyl groups excluding tert-OH is 2. The van der Waals surface area contributed by atoms with Gasteiger partial charge in [0.1, 0.15) is 24.9 Å². The minimum atomic E-state index is -1.59. The van der Waals surface area contributed by atoms with Crippen molar-refractivity contribution in [2.45, 2.75) is 31.3 Å². The molecule has 0 radical (unpaired) electrons.